The van der Waals surface area contributed by atoms with Crippen molar-refractivity contribution < 1.29 is 4.79 Å². The van der Waals surface area contributed by atoms with Crippen LogP contribution in [0.4, 0.5) is 11.4 Å². The van der Waals surface area contributed by atoms with Gasteiger partial charge in [-0.25, -0.2) is 9.53 Å². The van der Waals surface area contributed by atoms with E-state index in [0.717, 1.165) is 16.7 Å². The van der Waals surface area contributed by atoms with Gasteiger partial charge in [0.25, 0.3) is 5.91 Å². The van der Waals surface area contributed by atoms with Crippen LogP contribution in [0.1, 0.15) is 38.9 Å². The largest absolute Gasteiger partial charge is 0.321 e. The Morgan fingerprint density at radius 2 is 1.68 bits per heavy atom. The summed E-state index contributed by atoms with van der Waals surface area (Å²) in [6, 6.07) is 30.8. The lowest BCUT2D eigenvalue weighted by Crippen LogP contribution is -2.22. The third-order valence-corrected chi connectivity index (χ3v) is 6.14. The minimum absolute atomic E-state index is 0.0784. The lowest BCUT2D eigenvalue weighted by atomic mass is 9.98. The molecule has 0 bridgehead atoms. The first-order chi connectivity index (χ1) is 18.6. The van der Waals surface area contributed by atoms with Crippen LogP contribution >= 0.6 is 0 Å². The quantitative estimate of drug-likeness (QED) is 0.248. The molecular formula is C31H26N6O. The van der Waals surface area contributed by atoms with Crippen LogP contribution in [0.15, 0.2) is 109 Å². The third kappa shape index (κ3) is 5.67. The average molecular weight is 499 g/mol. The van der Waals surface area contributed by atoms with Crippen LogP contribution < -0.4 is 10.6 Å². The van der Waals surface area contributed by atoms with Gasteiger partial charge in [-0.3, -0.25) is 9.78 Å². The molecule has 5 aromatic rings. The van der Waals surface area contributed by atoms with Crippen molar-refractivity contribution in [1.82, 2.24) is 20.1 Å². The second kappa shape index (κ2) is 11.3. The molecule has 2 heterocycles. The van der Waals surface area contributed by atoms with E-state index in [1.165, 1.54) is 0 Å². The molecule has 0 fully saturated rings. The molecule has 0 saturated carbocycles. The number of benzene rings is 3. The molecule has 0 saturated heterocycles. The lowest BCUT2D eigenvalue weighted by molar-refractivity contribution is 0.101. The normalized spacial score (nSPS) is 11.5. The maximum atomic E-state index is 13.4. The first-order valence-electron chi connectivity index (χ1n) is 12.2. The molecule has 186 valence electrons. The molecule has 3 aromatic carbocycles. The van der Waals surface area contributed by atoms with E-state index in [1.807, 2.05) is 61.5 Å². The minimum atomic E-state index is -0.281. The monoisotopic (exact) mass is 498 g/mol. The average Bonchev–Trinajstić information content (AvgIpc) is 3.36. The highest BCUT2D eigenvalue weighted by molar-refractivity contribution is 6.03. The van der Waals surface area contributed by atoms with Crippen molar-refractivity contribution >= 4 is 17.3 Å². The van der Waals surface area contributed by atoms with Crippen LogP contribution in [0.3, 0.4) is 0 Å². The summed E-state index contributed by atoms with van der Waals surface area (Å²) in [5, 5.41) is 11.2. The molecule has 0 aliphatic rings. The van der Waals surface area contributed by atoms with Crippen molar-refractivity contribution in [2.24, 2.45) is 0 Å². The maximum absolute atomic E-state index is 13.4. The number of amides is 1. The number of nitrogens with zero attached hydrogens (tertiary/aromatic N) is 4. The van der Waals surface area contributed by atoms with Crippen LogP contribution in [0.25, 0.3) is 10.5 Å². The number of pyridine rings is 1. The Hall–Kier alpha value is -5.06. The lowest BCUT2D eigenvalue weighted by Gasteiger charge is -2.21. The Morgan fingerprint density at radius 3 is 2.47 bits per heavy atom. The molecule has 5 rings (SSSR count). The van der Waals surface area contributed by atoms with Crippen LogP contribution in [0.2, 0.25) is 0 Å². The van der Waals surface area contributed by atoms with Gasteiger partial charge in [0.15, 0.2) is 5.69 Å². The number of rotatable bonds is 8. The highest BCUT2D eigenvalue weighted by atomic mass is 16.2. The zero-order valence-electron chi connectivity index (χ0n) is 20.9. The summed E-state index contributed by atoms with van der Waals surface area (Å²) in [5.41, 5.74) is 6.22. The molecule has 1 atom stereocenters. The second-order valence-corrected chi connectivity index (χ2v) is 8.87. The molecule has 7 heteroatoms. The van der Waals surface area contributed by atoms with Gasteiger partial charge < -0.3 is 10.6 Å². The molecule has 2 N–H and O–H groups in total. The Balaban J connectivity index is 1.41. The summed E-state index contributed by atoms with van der Waals surface area (Å²) in [6.07, 6.45) is 3.57. The highest BCUT2D eigenvalue weighted by Gasteiger charge is 2.18. The van der Waals surface area contributed by atoms with E-state index >= 15 is 0 Å². The Labute approximate surface area is 221 Å². The Bertz CT molecular complexity index is 1590. The summed E-state index contributed by atoms with van der Waals surface area (Å²) in [5.74, 6) is -0.281. The number of hydrogen-bond acceptors (Lipinski definition) is 4. The standard InChI is InChI=1S/C31H26N6O/c1-22-18-29(37(36-22)28-13-7-11-26(20-28)32-2)31(38)35-27-12-6-10-25(19-27)30(24-8-4-3-5-9-24)34-21-23-14-16-33-17-15-23/h3-20,30,34H,21H2,1H3,(H,35,38). The minimum Gasteiger partial charge on any atom is -0.321 e. The molecule has 0 aliphatic carbocycles. The molecule has 1 amide bonds. The summed E-state index contributed by atoms with van der Waals surface area (Å²) < 4.78 is 1.58. The molecule has 2 aromatic heterocycles. The maximum Gasteiger partial charge on any atom is 0.274 e. The number of carbonyl (C=O) groups excluding carboxylic acids is 1. The van der Waals surface area contributed by atoms with E-state index in [0.29, 0.717) is 35.0 Å². The highest BCUT2D eigenvalue weighted by Crippen LogP contribution is 2.26. The fourth-order valence-electron chi connectivity index (χ4n) is 4.34. The smallest absolute Gasteiger partial charge is 0.274 e. The fourth-order valence-corrected chi connectivity index (χ4v) is 4.34. The van der Waals surface area contributed by atoms with Gasteiger partial charge in [-0.05, 0) is 66.1 Å². The third-order valence-electron chi connectivity index (χ3n) is 6.14. The van der Waals surface area contributed by atoms with Crippen LogP contribution in [0, 0.1) is 13.5 Å². The van der Waals surface area contributed by atoms with E-state index < -0.39 is 0 Å². The van der Waals surface area contributed by atoms with Gasteiger partial charge in [-0.2, -0.15) is 5.10 Å². The van der Waals surface area contributed by atoms with Gasteiger partial charge in [-0.15, -0.1) is 0 Å². The molecule has 0 radical (unpaired) electrons. The number of aromatic nitrogens is 3. The zero-order valence-corrected chi connectivity index (χ0v) is 20.9. The van der Waals surface area contributed by atoms with Crippen molar-refractivity contribution in [3.8, 4) is 5.69 Å². The van der Waals surface area contributed by atoms with Crippen molar-refractivity contribution in [2.75, 3.05) is 5.32 Å². The molecule has 7 nitrogen and oxygen atoms in total. The Kier molecular flexibility index (Phi) is 7.34. The van der Waals surface area contributed by atoms with Crippen molar-refractivity contribution in [3.05, 3.63) is 149 Å². The first-order valence-corrected chi connectivity index (χ1v) is 12.2. The predicted molar refractivity (Wildman–Crippen MR) is 148 cm³/mol. The Morgan fingerprint density at radius 1 is 0.921 bits per heavy atom. The van der Waals surface area contributed by atoms with E-state index in [9.17, 15) is 4.79 Å². The summed E-state index contributed by atoms with van der Waals surface area (Å²) in [4.78, 5) is 21.0. The summed E-state index contributed by atoms with van der Waals surface area (Å²) >= 11 is 0. The number of hydrogen-bond donors (Lipinski definition) is 2. The number of aryl methyl sites for hydroxylation is 1. The predicted octanol–water partition coefficient (Wildman–Crippen LogP) is 6.26. The number of nitrogens with one attached hydrogen (secondary N) is 2. The van der Waals surface area contributed by atoms with Crippen LogP contribution in [-0.4, -0.2) is 20.7 Å². The molecule has 0 spiro atoms. The first kappa shape index (κ1) is 24.6. The number of anilines is 1. The topological polar surface area (TPSA) is 76.2 Å². The van der Waals surface area contributed by atoms with Gasteiger partial charge >= 0.3 is 0 Å². The zero-order chi connectivity index (χ0) is 26.3. The van der Waals surface area contributed by atoms with Crippen molar-refractivity contribution in [2.45, 2.75) is 19.5 Å². The van der Waals surface area contributed by atoms with E-state index in [1.54, 1.807) is 41.3 Å². The van der Waals surface area contributed by atoms with Crippen LogP contribution in [-0.2, 0) is 6.54 Å². The van der Waals surface area contributed by atoms with E-state index in [4.69, 9.17) is 6.57 Å². The SMILES string of the molecule is [C-]#[N+]c1cccc(-n2nc(C)cc2C(=O)Nc2cccc(C(NCc3ccncc3)c3ccccc3)c2)c1. The molecular weight excluding hydrogens is 472 g/mol. The van der Waals surface area contributed by atoms with Gasteiger partial charge in [-0.1, -0.05) is 54.6 Å². The van der Waals surface area contributed by atoms with Crippen molar-refractivity contribution in [3.63, 3.8) is 0 Å². The van der Waals surface area contributed by atoms with Crippen LogP contribution in [0.5, 0.6) is 0 Å². The van der Waals surface area contributed by atoms with Gasteiger partial charge in [0, 0.05) is 24.6 Å². The fraction of sp³-hybridized carbons (Fsp3) is 0.0968. The van der Waals surface area contributed by atoms with Gasteiger partial charge in [0.1, 0.15) is 5.69 Å². The van der Waals surface area contributed by atoms with Gasteiger partial charge in [0.2, 0.25) is 0 Å². The molecule has 38 heavy (non-hydrogen) atoms. The van der Waals surface area contributed by atoms with E-state index in [-0.39, 0.29) is 11.9 Å². The van der Waals surface area contributed by atoms with E-state index in [2.05, 4.69) is 43.8 Å². The summed E-state index contributed by atoms with van der Waals surface area (Å²) in [6.45, 7) is 9.80. The summed E-state index contributed by atoms with van der Waals surface area (Å²) in [7, 11) is 0. The van der Waals surface area contributed by atoms with Gasteiger partial charge in [0.05, 0.1) is 24.0 Å². The molecule has 0 aliphatic heterocycles. The molecule has 1 unspecified atom stereocenters. The second-order valence-electron chi connectivity index (χ2n) is 8.87. The van der Waals surface area contributed by atoms with Crippen molar-refractivity contribution in [1.29, 1.82) is 0 Å². The number of carbonyl (C=O) groups is 1.